The maximum Gasteiger partial charge on any atom is 0.264 e. The zero-order valence-electron chi connectivity index (χ0n) is 9.62. The third-order valence-corrected chi connectivity index (χ3v) is 2.44. The number of hydrogen-bond donors (Lipinski definition) is 0. The van der Waals surface area contributed by atoms with Crippen molar-refractivity contribution in [2.75, 3.05) is 6.61 Å². The van der Waals surface area contributed by atoms with E-state index in [9.17, 15) is 4.79 Å². The van der Waals surface area contributed by atoms with Crippen molar-refractivity contribution in [3.05, 3.63) is 24.3 Å². The van der Waals surface area contributed by atoms with E-state index in [1.54, 1.807) is 38.1 Å². The molecule has 0 heterocycles. The SMILES string of the molecule is CCOc1ccc(OC(C)(C)C(=O)Cl)cc1. The molecule has 0 N–H and O–H groups in total. The van der Waals surface area contributed by atoms with Crippen molar-refractivity contribution >= 4 is 16.8 Å². The molecule has 0 spiro atoms. The highest BCUT2D eigenvalue weighted by atomic mass is 35.5. The molecule has 0 aromatic heterocycles. The lowest BCUT2D eigenvalue weighted by Gasteiger charge is -2.21. The van der Waals surface area contributed by atoms with Crippen molar-refractivity contribution in [2.24, 2.45) is 0 Å². The molecule has 1 aromatic rings. The summed E-state index contributed by atoms with van der Waals surface area (Å²) in [5.74, 6) is 1.35. The number of ether oxygens (including phenoxy) is 2. The zero-order valence-corrected chi connectivity index (χ0v) is 10.4. The fourth-order valence-corrected chi connectivity index (χ4v) is 1.14. The van der Waals surface area contributed by atoms with E-state index < -0.39 is 10.8 Å². The van der Waals surface area contributed by atoms with Gasteiger partial charge < -0.3 is 9.47 Å². The summed E-state index contributed by atoms with van der Waals surface area (Å²) in [6, 6.07) is 7.06. The Labute approximate surface area is 100 Å². The summed E-state index contributed by atoms with van der Waals surface area (Å²) in [6.07, 6.45) is 0. The molecule has 0 fully saturated rings. The van der Waals surface area contributed by atoms with Crippen molar-refractivity contribution in [1.82, 2.24) is 0 Å². The Bertz CT molecular complexity index is 357. The van der Waals surface area contributed by atoms with Gasteiger partial charge in [-0.25, -0.2) is 0 Å². The van der Waals surface area contributed by atoms with Gasteiger partial charge in [0.15, 0.2) is 5.60 Å². The molecule has 0 unspecified atom stereocenters. The maximum atomic E-state index is 11.1. The highest BCUT2D eigenvalue weighted by Gasteiger charge is 2.27. The fraction of sp³-hybridized carbons (Fsp3) is 0.417. The van der Waals surface area contributed by atoms with Gasteiger partial charge >= 0.3 is 0 Å². The molecule has 88 valence electrons. The molecular formula is C12H15ClO3. The van der Waals surface area contributed by atoms with Crippen molar-refractivity contribution in [3.63, 3.8) is 0 Å². The summed E-state index contributed by atoms with van der Waals surface area (Å²) in [5.41, 5.74) is -1.02. The number of halogens is 1. The van der Waals surface area contributed by atoms with Gasteiger partial charge in [-0.15, -0.1) is 0 Å². The molecule has 1 rings (SSSR count). The predicted molar refractivity (Wildman–Crippen MR) is 63.2 cm³/mol. The first-order chi connectivity index (χ1) is 7.45. The molecule has 0 radical (unpaired) electrons. The molecule has 0 amide bonds. The van der Waals surface area contributed by atoms with Gasteiger partial charge in [0.2, 0.25) is 0 Å². The van der Waals surface area contributed by atoms with Crippen LogP contribution in [0.3, 0.4) is 0 Å². The van der Waals surface area contributed by atoms with E-state index in [1.807, 2.05) is 6.92 Å². The van der Waals surface area contributed by atoms with Gasteiger partial charge in [-0.2, -0.15) is 0 Å². The van der Waals surface area contributed by atoms with Crippen LogP contribution in [0.5, 0.6) is 11.5 Å². The Hall–Kier alpha value is -1.22. The summed E-state index contributed by atoms with van der Waals surface area (Å²) in [6.45, 7) is 5.78. The highest BCUT2D eigenvalue weighted by molar-refractivity contribution is 6.65. The average Bonchev–Trinajstić information content (AvgIpc) is 2.21. The molecule has 0 aliphatic rings. The van der Waals surface area contributed by atoms with Crippen LogP contribution in [-0.4, -0.2) is 17.5 Å². The van der Waals surface area contributed by atoms with Crippen molar-refractivity contribution in [2.45, 2.75) is 26.4 Å². The van der Waals surface area contributed by atoms with E-state index in [0.29, 0.717) is 12.4 Å². The lowest BCUT2D eigenvalue weighted by molar-refractivity contribution is -0.123. The minimum Gasteiger partial charge on any atom is -0.494 e. The molecule has 3 nitrogen and oxygen atoms in total. The maximum absolute atomic E-state index is 11.1. The molecule has 0 atom stereocenters. The molecule has 0 bridgehead atoms. The summed E-state index contributed by atoms with van der Waals surface area (Å²) in [7, 11) is 0. The lowest BCUT2D eigenvalue weighted by Crippen LogP contribution is -2.34. The summed E-state index contributed by atoms with van der Waals surface area (Å²) in [4.78, 5) is 11.1. The van der Waals surface area contributed by atoms with Crippen LogP contribution in [0, 0.1) is 0 Å². The average molecular weight is 243 g/mol. The van der Waals surface area contributed by atoms with Crippen molar-refractivity contribution in [3.8, 4) is 11.5 Å². The second kappa shape index (κ2) is 5.21. The fourth-order valence-electron chi connectivity index (χ4n) is 1.11. The van der Waals surface area contributed by atoms with Gasteiger partial charge in [0, 0.05) is 0 Å². The van der Waals surface area contributed by atoms with E-state index >= 15 is 0 Å². The van der Waals surface area contributed by atoms with Gasteiger partial charge in [0.1, 0.15) is 11.5 Å². The number of benzene rings is 1. The Morgan fingerprint density at radius 2 is 1.75 bits per heavy atom. The first-order valence-corrected chi connectivity index (χ1v) is 5.45. The third-order valence-electron chi connectivity index (χ3n) is 1.98. The molecule has 0 aliphatic heterocycles. The quantitative estimate of drug-likeness (QED) is 0.745. The predicted octanol–water partition coefficient (Wildman–Crippen LogP) is 3.01. The van der Waals surface area contributed by atoms with E-state index in [1.165, 1.54) is 0 Å². The van der Waals surface area contributed by atoms with Crippen molar-refractivity contribution in [1.29, 1.82) is 0 Å². The standard InChI is InChI=1S/C12H15ClO3/c1-4-15-9-5-7-10(8-6-9)16-12(2,3)11(13)14/h5-8H,4H2,1-3H3. The normalized spacial score (nSPS) is 11.0. The lowest BCUT2D eigenvalue weighted by atomic mass is 10.1. The molecule has 16 heavy (non-hydrogen) atoms. The molecule has 0 aliphatic carbocycles. The van der Waals surface area contributed by atoms with E-state index in [0.717, 1.165) is 5.75 Å². The molecule has 4 heteroatoms. The Morgan fingerprint density at radius 3 is 2.19 bits per heavy atom. The van der Waals surface area contributed by atoms with Crippen LogP contribution in [0.15, 0.2) is 24.3 Å². The van der Waals surface area contributed by atoms with E-state index in [2.05, 4.69) is 0 Å². The smallest absolute Gasteiger partial charge is 0.264 e. The van der Waals surface area contributed by atoms with E-state index in [-0.39, 0.29) is 0 Å². The first-order valence-electron chi connectivity index (χ1n) is 5.07. The van der Waals surface area contributed by atoms with Gasteiger partial charge in [0.05, 0.1) is 6.61 Å². The summed E-state index contributed by atoms with van der Waals surface area (Å²) >= 11 is 5.41. The Kier molecular flexibility index (Phi) is 4.19. The molecular weight excluding hydrogens is 228 g/mol. The zero-order chi connectivity index (χ0) is 12.2. The second-order valence-corrected chi connectivity index (χ2v) is 4.13. The Balaban J connectivity index is 2.72. The monoisotopic (exact) mass is 242 g/mol. The second-order valence-electron chi connectivity index (χ2n) is 3.79. The molecule has 1 aromatic carbocycles. The van der Waals surface area contributed by atoms with Crippen molar-refractivity contribution < 1.29 is 14.3 Å². The van der Waals surface area contributed by atoms with Crippen LogP contribution in [0.4, 0.5) is 0 Å². The topological polar surface area (TPSA) is 35.5 Å². The van der Waals surface area contributed by atoms with Crippen LogP contribution in [0.2, 0.25) is 0 Å². The van der Waals surface area contributed by atoms with Gasteiger partial charge in [-0.05, 0) is 56.6 Å². The number of rotatable bonds is 5. The van der Waals surface area contributed by atoms with Crippen LogP contribution in [0.25, 0.3) is 0 Å². The molecule has 0 saturated carbocycles. The minimum atomic E-state index is -1.02. The van der Waals surface area contributed by atoms with Gasteiger partial charge in [-0.3, -0.25) is 4.79 Å². The summed E-state index contributed by atoms with van der Waals surface area (Å²) < 4.78 is 10.7. The Morgan fingerprint density at radius 1 is 1.25 bits per heavy atom. The van der Waals surface area contributed by atoms with Crippen LogP contribution >= 0.6 is 11.6 Å². The largest absolute Gasteiger partial charge is 0.494 e. The minimum absolute atomic E-state index is 0.526. The van der Waals surface area contributed by atoms with Gasteiger partial charge in [0.25, 0.3) is 5.24 Å². The number of hydrogen-bond acceptors (Lipinski definition) is 3. The van der Waals surface area contributed by atoms with Crippen LogP contribution in [0.1, 0.15) is 20.8 Å². The highest BCUT2D eigenvalue weighted by Crippen LogP contribution is 2.23. The third kappa shape index (κ3) is 3.42. The van der Waals surface area contributed by atoms with Crippen LogP contribution in [-0.2, 0) is 4.79 Å². The first kappa shape index (κ1) is 12.8. The number of carbonyl (C=O) groups is 1. The van der Waals surface area contributed by atoms with Gasteiger partial charge in [-0.1, -0.05) is 0 Å². The van der Waals surface area contributed by atoms with E-state index in [4.69, 9.17) is 21.1 Å². The summed E-state index contributed by atoms with van der Waals surface area (Å²) in [5, 5.41) is -0.526. The van der Waals surface area contributed by atoms with Crippen LogP contribution < -0.4 is 9.47 Å². The molecule has 0 saturated heterocycles. The number of carbonyl (C=O) groups excluding carboxylic acids is 1.